The minimum absolute atomic E-state index is 0.147. The molecule has 1 saturated heterocycles. The van der Waals surface area contributed by atoms with Gasteiger partial charge in [-0.2, -0.15) is 5.10 Å². The lowest BCUT2D eigenvalue weighted by Crippen LogP contribution is -2.47. The van der Waals surface area contributed by atoms with Crippen LogP contribution in [0, 0.1) is 5.92 Å². The Bertz CT molecular complexity index is 1200. The number of aromatic nitrogens is 4. The zero-order valence-electron chi connectivity index (χ0n) is 18.6. The highest BCUT2D eigenvalue weighted by atomic mass is 32.2. The highest BCUT2D eigenvalue weighted by molar-refractivity contribution is 7.82. The summed E-state index contributed by atoms with van der Waals surface area (Å²) >= 11 is 0. The monoisotopic (exact) mass is 459 g/mol. The van der Waals surface area contributed by atoms with Gasteiger partial charge in [0.15, 0.2) is 5.52 Å². The molecule has 1 aliphatic heterocycles. The second-order valence-electron chi connectivity index (χ2n) is 8.00. The van der Waals surface area contributed by atoms with Crippen LogP contribution >= 0.6 is 0 Å². The number of hydrogen-bond donors (Lipinski definition) is 2. The number of nitrogens with one attached hydrogen (secondary N) is 1. The summed E-state index contributed by atoms with van der Waals surface area (Å²) in [4.78, 5) is 21.1. The summed E-state index contributed by atoms with van der Waals surface area (Å²) in [5, 5.41) is 13.6. The molecule has 0 saturated carbocycles. The van der Waals surface area contributed by atoms with Crippen molar-refractivity contribution in [3.05, 3.63) is 34.2 Å². The number of ether oxygens (including phenoxy) is 1. The van der Waals surface area contributed by atoms with E-state index in [-0.39, 0.29) is 12.2 Å². The second-order valence-corrected chi connectivity index (χ2v) is 9.48. The molecule has 3 aromatic rings. The third kappa shape index (κ3) is 4.22. The molecule has 2 aromatic heterocycles. The summed E-state index contributed by atoms with van der Waals surface area (Å²) in [5.74, 6) is 1.31. The van der Waals surface area contributed by atoms with Crippen molar-refractivity contribution in [2.75, 3.05) is 26.3 Å². The first kappa shape index (κ1) is 22.6. The molecule has 0 aliphatic carbocycles. The zero-order valence-corrected chi connectivity index (χ0v) is 19.4. The van der Waals surface area contributed by atoms with Crippen LogP contribution in [-0.4, -0.2) is 59.7 Å². The fourth-order valence-corrected chi connectivity index (χ4v) is 5.43. The Labute approximate surface area is 189 Å². The molecule has 172 valence electrons. The van der Waals surface area contributed by atoms with Crippen LogP contribution in [0.5, 0.6) is 5.75 Å². The molecule has 4 rings (SSSR count). The number of H-pyrrole nitrogens is 1. The highest BCUT2D eigenvalue weighted by Crippen LogP contribution is 2.32. The number of fused-ring (bicyclic) bond motifs is 1. The van der Waals surface area contributed by atoms with Crippen molar-refractivity contribution in [1.29, 1.82) is 0 Å². The van der Waals surface area contributed by atoms with Gasteiger partial charge in [-0.25, -0.2) is 13.5 Å². The minimum atomic E-state index is -1.34. The van der Waals surface area contributed by atoms with Gasteiger partial charge in [0.05, 0.1) is 22.8 Å². The van der Waals surface area contributed by atoms with Crippen molar-refractivity contribution in [2.24, 2.45) is 13.0 Å². The van der Waals surface area contributed by atoms with Gasteiger partial charge in [-0.3, -0.25) is 9.48 Å². The van der Waals surface area contributed by atoms with E-state index in [1.165, 1.54) is 0 Å². The minimum Gasteiger partial charge on any atom is -0.493 e. The summed E-state index contributed by atoms with van der Waals surface area (Å²) in [7, 11) is 0.403. The van der Waals surface area contributed by atoms with E-state index in [9.17, 15) is 9.00 Å². The Morgan fingerprint density at radius 2 is 2.09 bits per heavy atom. The van der Waals surface area contributed by atoms with Gasteiger partial charge >= 0.3 is 0 Å². The predicted octanol–water partition coefficient (Wildman–Crippen LogP) is 2.01. The van der Waals surface area contributed by atoms with Crippen LogP contribution in [0.15, 0.2) is 27.9 Å². The molecule has 1 atom stereocenters. The number of aliphatic hydroxyl groups is 1. The molecule has 1 aromatic carbocycles. The van der Waals surface area contributed by atoms with Crippen LogP contribution in [0.3, 0.4) is 0 Å². The molecule has 2 N–H and O–H groups in total. The summed E-state index contributed by atoms with van der Waals surface area (Å²) < 4.78 is 22.3. The van der Waals surface area contributed by atoms with Crippen molar-refractivity contribution >= 4 is 22.0 Å². The van der Waals surface area contributed by atoms with Gasteiger partial charge in [0, 0.05) is 26.7 Å². The zero-order chi connectivity index (χ0) is 22.8. The summed E-state index contributed by atoms with van der Waals surface area (Å²) in [6.07, 6.45) is 2.33. The molecule has 9 nitrogen and oxygen atoms in total. The first-order chi connectivity index (χ1) is 15.5. The molecule has 0 radical (unpaired) electrons. The van der Waals surface area contributed by atoms with Crippen molar-refractivity contribution < 1.29 is 14.1 Å². The van der Waals surface area contributed by atoms with E-state index >= 15 is 0 Å². The maximum Gasteiger partial charge on any atom is 0.277 e. The first-order valence-electron chi connectivity index (χ1n) is 11.0. The Morgan fingerprint density at radius 3 is 2.78 bits per heavy atom. The first-order valence-corrected chi connectivity index (χ1v) is 12.1. The van der Waals surface area contributed by atoms with Gasteiger partial charge in [-0.15, -0.1) is 0 Å². The molecule has 1 unspecified atom stereocenters. The maximum absolute atomic E-state index is 13.1. The van der Waals surface area contributed by atoms with Crippen molar-refractivity contribution in [2.45, 2.75) is 38.0 Å². The number of benzene rings is 1. The lowest BCUT2D eigenvalue weighted by atomic mass is 10.0. The Morgan fingerprint density at radius 1 is 1.31 bits per heavy atom. The molecule has 3 heterocycles. The molecule has 10 heteroatoms. The standard InChI is InChI=1S/C22H29N5O4S/c1-4-6-17-19-20(26(3)25-17)22(29)24-21(23-19)16-11-15(7-8-18(16)31-5-2)32(30)27-12-14(13-27)9-10-28/h7-8,11,14,28H,4-6,9-10,12-13H2,1-3H3,(H,23,24,29). The largest absolute Gasteiger partial charge is 0.493 e. The van der Waals surface area contributed by atoms with Gasteiger partial charge in [-0.05, 0) is 43.9 Å². The molecule has 0 amide bonds. The molecule has 0 bridgehead atoms. The number of aliphatic hydroxyl groups excluding tert-OH is 1. The summed E-state index contributed by atoms with van der Waals surface area (Å²) in [6.45, 7) is 5.91. The third-order valence-electron chi connectivity index (χ3n) is 5.65. The smallest absolute Gasteiger partial charge is 0.277 e. The summed E-state index contributed by atoms with van der Waals surface area (Å²) in [6, 6.07) is 5.34. The Balaban J connectivity index is 1.75. The predicted molar refractivity (Wildman–Crippen MR) is 123 cm³/mol. The van der Waals surface area contributed by atoms with Crippen molar-refractivity contribution in [3.8, 4) is 17.1 Å². The Kier molecular flexibility index (Phi) is 6.73. The number of rotatable bonds is 9. The van der Waals surface area contributed by atoms with Crippen LogP contribution in [0.2, 0.25) is 0 Å². The fraction of sp³-hybridized carbons (Fsp3) is 0.500. The average molecular weight is 460 g/mol. The van der Waals surface area contributed by atoms with Gasteiger partial charge in [0.25, 0.3) is 5.56 Å². The van der Waals surface area contributed by atoms with E-state index in [0.29, 0.717) is 58.7 Å². The van der Waals surface area contributed by atoms with Crippen molar-refractivity contribution in [1.82, 2.24) is 24.1 Å². The summed E-state index contributed by atoms with van der Waals surface area (Å²) in [5.41, 5.74) is 2.12. The third-order valence-corrected chi connectivity index (χ3v) is 7.08. The normalized spacial score (nSPS) is 15.8. The lowest BCUT2D eigenvalue weighted by molar-refractivity contribution is 0.160. The Hall–Kier alpha value is -2.56. The molecular formula is C22H29N5O4S. The molecule has 1 aliphatic rings. The van der Waals surface area contributed by atoms with Crippen LogP contribution in [0.4, 0.5) is 0 Å². The lowest BCUT2D eigenvalue weighted by Gasteiger charge is -2.37. The van der Waals surface area contributed by atoms with E-state index in [1.54, 1.807) is 29.9 Å². The molecule has 32 heavy (non-hydrogen) atoms. The van der Waals surface area contributed by atoms with E-state index in [4.69, 9.17) is 14.8 Å². The number of nitrogens with zero attached hydrogens (tertiary/aromatic N) is 4. The average Bonchev–Trinajstić information content (AvgIpc) is 3.06. The van der Waals surface area contributed by atoms with Crippen LogP contribution in [0.25, 0.3) is 22.4 Å². The van der Waals surface area contributed by atoms with Gasteiger partial charge < -0.3 is 14.8 Å². The number of aryl methyl sites for hydroxylation is 2. The fourth-order valence-electron chi connectivity index (χ4n) is 4.04. The van der Waals surface area contributed by atoms with Gasteiger partial charge in [0.2, 0.25) is 0 Å². The van der Waals surface area contributed by atoms with Crippen LogP contribution < -0.4 is 10.3 Å². The molecule has 0 spiro atoms. The highest BCUT2D eigenvalue weighted by Gasteiger charge is 2.31. The van der Waals surface area contributed by atoms with Crippen molar-refractivity contribution in [3.63, 3.8) is 0 Å². The number of aromatic amines is 1. The van der Waals surface area contributed by atoms with E-state index < -0.39 is 11.0 Å². The topological polar surface area (TPSA) is 113 Å². The van der Waals surface area contributed by atoms with Gasteiger partial charge in [-0.1, -0.05) is 13.3 Å². The number of hydrogen-bond acceptors (Lipinski definition) is 6. The van der Waals surface area contributed by atoms with Gasteiger partial charge in [0.1, 0.15) is 28.1 Å². The van der Waals surface area contributed by atoms with E-state index in [2.05, 4.69) is 17.0 Å². The van der Waals surface area contributed by atoms with Crippen LogP contribution in [0.1, 0.15) is 32.4 Å². The molecule has 1 fully saturated rings. The second kappa shape index (κ2) is 9.51. The SMILES string of the molecule is CCCc1nn(C)c2c(=O)[nH]c(-c3cc(S(=O)N4CC(CCO)C4)ccc3OCC)nc12. The van der Waals surface area contributed by atoms with Crippen LogP contribution in [-0.2, 0) is 24.5 Å². The quantitative estimate of drug-likeness (QED) is 0.506. The van der Waals surface area contributed by atoms with E-state index in [0.717, 1.165) is 25.0 Å². The molecular weight excluding hydrogens is 430 g/mol. The van der Waals surface area contributed by atoms with E-state index in [1.807, 2.05) is 11.2 Å². The maximum atomic E-state index is 13.1.